The smallest absolute Gasteiger partial charge is 0.328 e. The molecular formula is C26H36O4. The first-order valence-corrected chi connectivity index (χ1v) is 11.2. The van der Waals surface area contributed by atoms with Gasteiger partial charge in [0, 0.05) is 17.9 Å². The fraction of sp³-hybridized carbons (Fsp3) is 0.577. The van der Waals surface area contributed by atoms with Crippen LogP contribution in [0.15, 0.2) is 59.8 Å². The molecule has 4 heteroatoms. The number of ether oxygens (including phenoxy) is 1. The van der Waals surface area contributed by atoms with Gasteiger partial charge >= 0.3 is 5.97 Å². The highest BCUT2D eigenvalue weighted by Gasteiger charge is 2.50. The zero-order valence-electron chi connectivity index (χ0n) is 18.6. The van der Waals surface area contributed by atoms with E-state index in [1.54, 1.807) is 6.08 Å². The summed E-state index contributed by atoms with van der Waals surface area (Å²) in [5.74, 6) is 0.249. The van der Waals surface area contributed by atoms with Crippen LogP contribution in [-0.4, -0.2) is 34.5 Å². The Morgan fingerprint density at radius 1 is 1.37 bits per heavy atom. The van der Waals surface area contributed by atoms with Crippen LogP contribution in [0.3, 0.4) is 0 Å². The number of hydrogen-bond acceptors (Lipinski definition) is 3. The molecule has 0 amide bonds. The van der Waals surface area contributed by atoms with Crippen molar-refractivity contribution in [2.45, 2.75) is 65.3 Å². The van der Waals surface area contributed by atoms with Gasteiger partial charge in [-0.15, -0.1) is 0 Å². The minimum absolute atomic E-state index is 0.0454. The van der Waals surface area contributed by atoms with Crippen molar-refractivity contribution in [2.75, 3.05) is 0 Å². The highest BCUT2D eigenvalue weighted by molar-refractivity contribution is 5.80. The van der Waals surface area contributed by atoms with E-state index in [1.807, 2.05) is 6.08 Å². The topological polar surface area (TPSA) is 66.8 Å². The Morgan fingerprint density at radius 2 is 2.10 bits per heavy atom. The van der Waals surface area contributed by atoms with Gasteiger partial charge in [-0.05, 0) is 50.0 Å². The van der Waals surface area contributed by atoms with Crippen molar-refractivity contribution >= 4 is 5.97 Å². The van der Waals surface area contributed by atoms with Crippen molar-refractivity contribution in [1.82, 2.24) is 0 Å². The van der Waals surface area contributed by atoms with E-state index in [4.69, 9.17) is 9.84 Å². The Hall–Kier alpha value is -1.91. The summed E-state index contributed by atoms with van der Waals surface area (Å²) < 4.78 is 6.48. The van der Waals surface area contributed by atoms with Gasteiger partial charge in [-0.1, -0.05) is 68.4 Å². The van der Waals surface area contributed by atoms with E-state index in [9.17, 15) is 9.90 Å². The average Bonchev–Trinajstić information content (AvgIpc) is 2.80. The molecule has 3 aliphatic rings. The predicted octanol–water partition coefficient (Wildman–Crippen LogP) is 5.08. The molecular weight excluding hydrogens is 376 g/mol. The van der Waals surface area contributed by atoms with Gasteiger partial charge in [0.15, 0.2) is 0 Å². The highest BCUT2D eigenvalue weighted by Crippen LogP contribution is 2.52. The fourth-order valence-electron chi connectivity index (χ4n) is 5.64. The molecule has 0 aromatic carbocycles. The van der Waals surface area contributed by atoms with Gasteiger partial charge in [-0.2, -0.15) is 0 Å². The maximum atomic E-state index is 11.6. The van der Waals surface area contributed by atoms with Crippen molar-refractivity contribution in [3.8, 4) is 0 Å². The first-order chi connectivity index (χ1) is 14.2. The molecule has 0 bridgehead atoms. The molecule has 0 saturated carbocycles. The third kappa shape index (κ3) is 4.55. The van der Waals surface area contributed by atoms with E-state index >= 15 is 0 Å². The summed E-state index contributed by atoms with van der Waals surface area (Å²) in [7, 11) is 0. The van der Waals surface area contributed by atoms with E-state index in [2.05, 4.69) is 46.4 Å². The van der Waals surface area contributed by atoms with Gasteiger partial charge in [0.25, 0.3) is 0 Å². The lowest BCUT2D eigenvalue weighted by molar-refractivity contribution is -0.131. The van der Waals surface area contributed by atoms with E-state index in [1.165, 1.54) is 17.2 Å². The Bertz CT molecular complexity index is 787. The monoisotopic (exact) mass is 412 g/mol. The molecule has 164 valence electrons. The Labute approximate surface area is 180 Å². The number of allylic oxidation sites excluding steroid dienone is 6. The minimum Gasteiger partial charge on any atom is -0.478 e. The molecule has 2 aliphatic carbocycles. The van der Waals surface area contributed by atoms with Crippen molar-refractivity contribution < 1.29 is 19.7 Å². The van der Waals surface area contributed by atoms with Gasteiger partial charge in [-0.25, -0.2) is 4.79 Å². The number of hydrogen-bond donors (Lipinski definition) is 2. The van der Waals surface area contributed by atoms with Crippen molar-refractivity contribution in [3.05, 3.63) is 59.8 Å². The summed E-state index contributed by atoms with van der Waals surface area (Å²) in [6.45, 7) is 13.2. The number of carbonyl (C=O) groups is 1. The first-order valence-electron chi connectivity index (χ1n) is 11.2. The second-order valence-corrected chi connectivity index (χ2v) is 9.34. The summed E-state index contributed by atoms with van der Waals surface area (Å²) in [6.07, 6.45) is 12.5. The number of fused-ring (bicyclic) bond motifs is 3. The van der Waals surface area contributed by atoms with Crippen LogP contribution in [0.25, 0.3) is 0 Å². The second-order valence-electron chi connectivity index (χ2n) is 9.34. The van der Waals surface area contributed by atoms with Crippen molar-refractivity contribution in [2.24, 2.45) is 29.6 Å². The molecule has 2 N–H and O–H groups in total. The van der Waals surface area contributed by atoms with Gasteiger partial charge in [0.1, 0.15) is 6.10 Å². The molecule has 0 aromatic rings. The van der Waals surface area contributed by atoms with Crippen LogP contribution in [0.1, 0.15) is 47.0 Å². The minimum atomic E-state index is -0.992. The lowest BCUT2D eigenvalue weighted by Crippen LogP contribution is -2.45. The third-order valence-corrected chi connectivity index (χ3v) is 7.30. The van der Waals surface area contributed by atoms with E-state index in [0.717, 1.165) is 30.9 Å². The first kappa shape index (κ1) is 22.8. The third-order valence-electron chi connectivity index (χ3n) is 7.30. The van der Waals surface area contributed by atoms with Crippen LogP contribution >= 0.6 is 0 Å². The molecule has 0 radical (unpaired) electrons. The quantitative estimate of drug-likeness (QED) is 0.375. The number of aliphatic hydroxyl groups is 1. The van der Waals surface area contributed by atoms with E-state index in [-0.39, 0.29) is 23.9 Å². The van der Waals surface area contributed by atoms with E-state index < -0.39 is 18.2 Å². The van der Waals surface area contributed by atoms with Crippen molar-refractivity contribution in [3.63, 3.8) is 0 Å². The van der Waals surface area contributed by atoms with Crippen LogP contribution < -0.4 is 0 Å². The lowest BCUT2D eigenvalue weighted by Gasteiger charge is -2.46. The zero-order chi connectivity index (χ0) is 22.0. The molecule has 8 atom stereocenters. The number of carboxylic acid groups (broad SMARTS) is 1. The summed E-state index contributed by atoms with van der Waals surface area (Å²) in [4.78, 5) is 10.8. The molecule has 1 saturated heterocycles. The fourth-order valence-corrected chi connectivity index (χ4v) is 5.64. The van der Waals surface area contributed by atoms with Crippen LogP contribution in [0, 0.1) is 29.6 Å². The SMILES string of the molecule is C=C1[C@@H]2C(C)=C[C@@H]3CC(C)=CC[C@H]3[C@@H]2[C@H](O)[C@@H](/C=C/C=C/C(=O)O)O[C@@H]1[C@H](C)CC. The standard InChI is InChI=1S/C26H36O4/c1-6-16(3)26-18(5)23-17(4)14-19-13-15(2)11-12-20(19)24(23)25(29)21(30-26)9-7-8-10-22(27)28/h7-11,14,16,19-21,23-26,29H,5-6,12-13H2,1-4H3,(H,27,28)/b9-7+,10-8+/t16-,19+,20-,21-,23+,24+,25-,26-/m1/s1. The Morgan fingerprint density at radius 3 is 2.77 bits per heavy atom. The van der Waals surface area contributed by atoms with Gasteiger partial charge < -0.3 is 14.9 Å². The average molecular weight is 413 g/mol. The molecule has 0 spiro atoms. The molecule has 1 heterocycles. The van der Waals surface area contributed by atoms with Crippen LogP contribution in [-0.2, 0) is 9.53 Å². The molecule has 4 nitrogen and oxygen atoms in total. The van der Waals surface area contributed by atoms with Gasteiger partial charge in [0.05, 0.1) is 12.2 Å². The number of rotatable bonds is 5. The number of aliphatic carboxylic acids is 1. The number of aliphatic hydroxyl groups excluding tert-OH is 1. The Balaban J connectivity index is 2.01. The summed E-state index contributed by atoms with van der Waals surface area (Å²) in [5, 5.41) is 20.4. The van der Waals surface area contributed by atoms with Gasteiger partial charge in [-0.3, -0.25) is 0 Å². The van der Waals surface area contributed by atoms with E-state index in [0.29, 0.717) is 11.8 Å². The predicted molar refractivity (Wildman–Crippen MR) is 120 cm³/mol. The molecule has 30 heavy (non-hydrogen) atoms. The summed E-state index contributed by atoms with van der Waals surface area (Å²) in [5.41, 5.74) is 3.79. The molecule has 1 aliphatic heterocycles. The summed E-state index contributed by atoms with van der Waals surface area (Å²) in [6, 6.07) is 0. The van der Waals surface area contributed by atoms with Crippen LogP contribution in [0.2, 0.25) is 0 Å². The molecule has 0 unspecified atom stereocenters. The highest BCUT2D eigenvalue weighted by atomic mass is 16.5. The van der Waals surface area contributed by atoms with Crippen molar-refractivity contribution in [1.29, 1.82) is 0 Å². The van der Waals surface area contributed by atoms with Crippen LogP contribution in [0.5, 0.6) is 0 Å². The Kier molecular flexibility index (Phi) is 7.20. The molecule has 0 aromatic heterocycles. The number of carboxylic acids is 1. The van der Waals surface area contributed by atoms with Crippen LogP contribution in [0.4, 0.5) is 0 Å². The maximum absolute atomic E-state index is 11.6. The van der Waals surface area contributed by atoms with Gasteiger partial charge in [0.2, 0.25) is 0 Å². The molecule has 3 rings (SSSR count). The maximum Gasteiger partial charge on any atom is 0.328 e. The molecule has 1 fully saturated rings. The summed E-state index contributed by atoms with van der Waals surface area (Å²) >= 11 is 0. The lowest BCUT2D eigenvalue weighted by atomic mass is 9.59. The zero-order valence-corrected chi connectivity index (χ0v) is 18.6. The normalized spacial score (nSPS) is 37.9. The largest absolute Gasteiger partial charge is 0.478 e. The second kappa shape index (κ2) is 9.49.